The largest absolute Gasteiger partial charge is 0.305 e. The lowest BCUT2D eigenvalue weighted by molar-refractivity contribution is -0.122. The molecule has 0 spiro atoms. The first-order chi connectivity index (χ1) is 13.2. The highest BCUT2D eigenvalue weighted by atomic mass is 16.2. The summed E-state index contributed by atoms with van der Waals surface area (Å²) in [7, 11) is 0. The molecule has 4 aliphatic carbocycles. The van der Waals surface area contributed by atoms with Crippen LogP contribution in [0.5, 0.6) is 0 Å². The lowest BCUT2D eigenvalue weighted by atomic mass is 9.52. The molecule has 1 atom stereocenters. The summed E-state index contributed by atoms with van der Waals surface area (Å²) in [4.78, 5) is 20.2. The fraction of sp³-hybridized carbons (Fsp3) is 0.500. The van der Waals surface area contributed by atoms with Crippen LogP contribution in [0.15, 0.2) is 48.8 Å². The Labute approximate surface area is 160 Å². The van der Waals surface area contributed by atoms with E-state index in [0.29, 0.717) is 5.91 Å². The Morgan fingerprint density at radius 3 is 2.22 bits per heavy atom. The smallest absolute Gasteiger partial charge is 0.235 e. The quantitative estimate of drug-likeness (QED) is 0.795. The standard InChI is InChI=1S/C24H26N2O/c27-23-21(12-16-5-7-25-8-6-16)20-3-1-2-4-22(20)26(23)24-13-17-9-18(14-24)11-19(10-17)15-24/h1-8,17-19,21H,9-15H2. The number of para-hydroxylation sites is 1. The van der Waals surface area contributed by atoms with Crippen molar-refractivity contribution in [3.8, 4) is 0 Å². The van der Waals surface area contributed by atoms with Crippen molar-refractivity contribution in [1.29, 1.82) is 0 Å². The SMILES string of the molecule is O=C1C(Cc2ccncc2)c2ccccc2N1C12CC3CC(CC(C3)C1)C2. The molecule has 1 aromatic carbocycles. The van der Waals surface area contributed by atoms with E-state index in [1.165, 1.54) is 55.3 Å². The van der Waals surface area contributed by atoms with E-state index in [4.69, 9.17) is 0 Å². The molecule has 3 nitrogen and oxygen atoms in total. The highest BCUT2D eigenvalue weighted by Crippen LogP contribution is 2.60. The zero-order chi connectivity index (χ0) is 18.0. The molecule has 1 aromatic heterocycles. The van der Waals surface area contributed by atoms with Crippen LogP contribution in [0.4, 0.5) is 5.69 Å². The lowest BCUT2D eigenvalue weighted by Crippen LogP contribution is -2.61. The number of hydrogen-bond donors (Lipinski definition) is 0. The molecule has 3 heteroatoms. The minimum absolute atomic E-state index is 0.0448. The molecule has 138 valence electrons. The maximum absolute atomic E-state index is 13.8. The van der Waals surface area contributed by atoms with Crippen molar-refractivity contribution in [2.75, 3.05) is 4.90 Å². The Balaban J connectivity index is 1.41. The maximum Gasteiger partial charge on any atom is 0.235 e. The van der Waals surface area contributed by atoms with E-state index < -0.39 is 0 Å². The number of carbonyl (C=O) groups is 1. The van der Waals surface area contributed by atoms with Crippen LogP contribution in [-0.4, -0.2) is 16.4 Å². The average molecular weight is 358 g/mol. The first kappa shape index (κ1) is 15.9. The van der Waals surface area contributed by atoms with Crippen LogP contribution in [0, 0.1) is 17.8 Å². The van der Waals surface area contributed by atoms with Crippen LogP contribution < -0.4 is 4.90 Å². The molecule has 4 fully saturated rings. The molecular formula is C24H26N2O. The van der Waals surface area contributed by atoms with Gasteiger partial charge in [-0.25, -0.2) is 0 Å². The lowest BCUT2D eigenvalue weighted by Gasteiger charge is -2.59. The molecule has 5 aliphatic rings. The Hall–Kier alpha value is -2.16. The van der Waals surface area contributed by atoms with Gasteiger partial charge in [0.25, 0.3) is 0 Å². The molecule has 0 N–H and O–H groups in total. The summed E-state index contributed by atoms with van der Waals surface area (Å²) >= 11 is 0. The molecule has 0 saturated heterocycles. The molecule has 2 heterocycles. The molecule has 1 amide bonds. The van der Waals surface area contributed by atoms with Crippen molar-refractivity contribution in [2.24, 2.45) is 17.8 Å². The van der Waals surface area contributed by atoms with Crippen molar-refractivity contribution < 1.29 is 4.79 Å². The highest BCUT2D eigenvalue weighted by Gasteiger charge is 2.57. The number of aromatic nitrogens is 1. The average Bonchev–Trinajstić information content (AvgIpc) is 2.94. The molecular weight excluding hydrogens is 332 g/mol. The second kappa shape index (κ2) is 5.67. The van der Waals surface area contributed by atoms with Crippen LogP contribution in [0.3, 0.4) is 0 Å². The number of anilines is 1. The molecule has 1 unspecified atom stereocenters. The van der Waals surface area contributed by atoms with Crippen molar-refractivity contribution in [1.82, 2.24) is 4.98 Å². The van der Waals surface area contributed by atoms with Crippen LogP contribution in [0.2, 0.25) is 0 Å². The minimum Gasteiger partial charge on any atom is -0.305 e. The van der Waals surface area contributed by atoms with Gasteiger partial charge in [0.1, 0.15) is 0 Å². The van der Waals surface area contributed by atoms with E-state index in [0.717, 1.165) is 24.2 Å². The Morgan fingerprint density at radius 1 is 0.926 bits per heavy atom. The van der Waals surface area contributed by atoms with Gasteiger partial charge in [-0.2, -0.15) is 0 Å². The van der Waals surface area contributed by atoms with Crippen molar-refractivity contribution >= 4 is 11.6 Å². The molecule has 4 saturated carbocycles. The fourth-order valence-electron chi connectivity index (χ4n) is 7.17. The van der Waals surface area contributed by atoms with Gasteiger partial charge in [-0.15, -0.1) is 0 Å². The van der Waals surface area contributed by atoms with E-state index in [1.807, 2.05) is 24.5 Å². The van der Waals surface area contributed by atoms with Crippen molar-refractivity contribution in [2.45, 2.75) is 56.4 Å². The summed E-state index contributed by atoms with van der Waals surface area (Å²) in [6, 6.07) is 12.7. The fourth-order valence-corrected chi connectivity index (χ4v) is 7.17. The van der Waals surface area contributed by atoms with Gasteiger partial charge in [0, 0.05) is 23.6 Å². The van der Waals surface area contributed by atoms with E-state index in [2.05, 4.69) is 34.1 Å². The Kier molecular flexibility index (Phi) is 3.33. The molecule has 2 aromatic rings. The number of rotatable bonds is 3. The van der Waals surface area contributed by atoms with Crippen LogP contribution >= 0.6 is 0 Å². The predicted molar refractivity (Wildman–Crippen MR) is 106 cm³/mol. The first-order valence-corrected chi connectivity index (χ1v) is 10.5. The third-order valence-electron chi connectivity index (χ3n) is 7.74. The molecule has 1 aliphatic heterocycles. The number of nitrogens with zero attached hydrogens (tertiary/aromatic N) is 2. The normalized spacial score (nSPS) is 36.3. The third-order valence-corrected chi connectivity index (χ3v) is 7.74. The number of pyridine rings is 1. The predicted octanol–water partition coefficient (Wildman–Crippen LogP) is 4.72. The number of fused-ring (bicyclic) bond motifs is 1. The van der Waals surface area contributed by atoms with E-state index >= 15 is 0 Å². The van der Waals surface area contributed by atoms with Crippen LogP contribution in [0.1, 0.15) is 55.6 Å². The van der Waals surface area contributed by atoms with Gasteiger partial charge in [-0.3, -0.25) is 9.78 Å². The Bertz CT molecular complexity index is 855. The Morgan fingerprint density at radius 2 is 1.56 bits per heavy atom. The second-order valence-corrected chi connectivity index (χ2v) is 9.49. The second-order valence-electron chi connectivity index (χ2n) is 9.49. The highest BCUT2D eigenvalue weighted by molar-refractivity contribution is 6.06. The van der Waals surface area contributed by atoms with Gasteiger partial charge in [-0.05, 0) is 92.0 Å². The summed E-state index contributed by atoms with van der Waals surface area (Å²) < 4.78 is 0. The number of carbonyl (C=O) groups excluding carboxylic acids is 1. The first-order valence-electron chi connectivity index (χ1n) is 10.5. The summed E-state index contributed by atoms with van der Waals surface area (Å²) in [5.74, 6) is 2.83. The van der Waals surface area contributed by atoms with Crippen molar-refractivity contribution in [3.05, 3.63) is 59.9 Å². The number of hydrogen-bond acceptors (Lipinski definition) is 2. The molecule has 7 rings (SSSR count). The minimum atomic E-state index is -0.0448. The van der Waals surface area contributed by atoms with E-state index in [9.17, 15) is 4.79 Å². The number of amides is 1. The van der Waals surface area contributed by atoms with Gasteiger partial charge < -0.3 is 4.90 Å². The summed E-state index contributed by atoms with van der Waals surface area (Å²) in [5, 5.41) is 0. The summed E-state index contributed by atoms with van der Waals surface area (Å²) in [6.45, 7) is 0. The maximum atomic E-state index is 13.8. The summed E-state index contributed by atoms with van der Waals surface area (Å²) in [6.07, 6.45) is 12.3. The van der Waals surface area contributed by atoms with Gasteiger partial charge in [-0.1, -0.05) is 18.2 Å². The third kappa shape index (κ3) is 2.33. The zero-order valence-corrected chi connectivity index (χ0v) is 15.7. The van der Waals surface area contributed by atoms with Gasteiger partial charge in [0.2, 0.25) is 5.91 Å². The van der Waals surface area contributed by atoms with Crippen LogP contribution in [0.25, 0.3) is 0 Å². The zero-order valence-electron chi connectivity index (χ0n) is 15.7. The van der Waals surface area contributed by atoms with Gasteiger partial charge in [0.05, 0.1) is 5.92 Å². The monoisotopic (exact) mass is 358 g/mol. The number of benzene rings is 1. The topological polar surface area (TPSA) is 33.2 Å². The van der Waals surface area contributed by atoms with Gasteiger partial charge >= 0.3 is 0 Å². The van der Waals surface area contributed by atoms with Crippen LogP contribution in [-0.2, 0) is 11.2 Å². The van der Waals surface area contributed by atoms with Gasteiger partial charge in [0.15, 0.2) is 0 Å². The molecule has 27 heavy (non-hydrogen) atoms. The van der Waals surface area contributed by atoms with Crippen molar-refractivity contribution in [3.63, 3.8) is 0 Å². The van der Waals surface area contributed by atoms with E-state index in [1.54, 1.807) is 0 Å². The molecule has 0 radical (unpaired) electrons. The molecule has 4 bridgehead atoms. The van der Waals surface area contributed by atoms with E-state index in [-0.39, 0.29) is 11.5 Å². The summed E-state index contributed by atoms with van der Waals surface area (Å²) in [5.41, 5.74) is 3.72.